The number of carbonyl (C=O) groups is 2. The van der Waals surface area contributed by atoms with E-state index in [1.54, 1.807) is 18.2 Å². The summed E-state index contributed by atoms with van der Waals surface area (Å²) in [4.78, 5) is 25.2. The summed E-state index contributed by atoms with van der Waals surface area (Å²) >= 11 is 15.2. The molecule has 2 aromatic carbocycles. The van der Waals surface area contributed by atoms with Gasteiger partial charge >= 0.3 is 0 Å². The van der Waals surface area contributed by atoms with Crippen LogP contribution >= 0.6 is 39.1 Å². The number of benzene rings is 2. The van der Waals surface area contributed by atoms with Crippen molar-refractivity contribution in [2.75, 3.05) is 6.61 Å². The Balaban J connectivity index is 2.09. The van der Waals surface area contributed by atoms with Crippen molar-refractivity contribution in [1.82, 2.24) is 10.7 Å². The molecule has 0 aliphatic rings. The molecule has 0 saturated carbocycles. The van der Waals surface area contributed by atoms with Crippen LogP contribution in [-0.2, 0) is 4.79 Å². The molecule has 0 aliphatic heterocycles. The van der Waals surface area contributed by atoms with Crippen molar-refractivity contribution in [2.45, 2.75) is 19.9 Å². The molecule has 162 valence electrons. The second kappa shape index (κ2) is 11.8. The second-order valence-corrected chi connectivity index (χ2v) is 8.46. The van der Waals surface area contributed by atoms with Crippen LogP contribution in [0.5, 0.6) is 5.75 Å². The summed E-state index contributed by atoms with van der Waals surface area (Å²) in [7, 11) is 0. The van der Waals surface area contributed by atoms with Gasteiger partial charge in [0, 0.05) is 15.6 Å². The van der Waals surface area contributed by atoms with Crippen LogP contribution in [0.1, 0.15) is 29.8 Å². The monoisotopic (exact) mass is 523 g/mol. The molecule has 0 aliphatic carbocycles. The molecular formula is C22H20BrCl2N3O3. The normalized spacial score (nSPS) is 11.8. The van der Waals surface area contributed by atoms with Gasteiger partial charge in [-0.05, 0) is 42.3 Å². The average Bonchev–Trinajstić information content (AvgIpc) is 2.72. The number of hydrogen-bond donors (Lipinski definition) is 2. The lowest BCUT2D eigenvalue weighted by Crippen LogP contribution is -2.48. The number of halogens is 3. The molecule has 2 aromatic rings. The van der Waals surface area contributed by atoms with E-state index in [4.69, 9.17) is 34.4 Å². The van der Waals surface area contributed by atoms with E-state index in [-0.39, 0.29) is 17.5 Å². The molecule has 0 fully saturated rings. The van der Waals surface area contributed by atoms with Gasteiger partial charge in [0.1, 0.15) is 18.4 Å². The Kier molecular flexibility index (Phi) is 9.38. The SMILES string of the molecule is C#CCOc1ccc(Br)cc1/C=N/NC(=O)C(NC(=O)c1ccc(Cl)c(Cl)c1)C(C)C. The molecule has 0 spiro atoms. The fraction of sp³-hybridized carbons (Fsp3) is 0.227. The Morgan fingerprint density at radius 3 is 2.61 bits per heavy atom. The lowest BCUT2D eigenvalue weighted by molar-refractivity contribution is -0.123. The first-order chi connectivity index (χ1) is 14.7. The van der Waals surface area contributed by atoms with Crippen molar-refractivity contribution in [3.8, 4) is 18.1 Å². The van der Waals surface area contributed by atoms with Crippen molar-refractivity contribution < 1.29 is 14.3 Å². The molecule has 2 N–H and O–H groups in total. The van der Waals surface area contributed by atoms with Crippen LogP contribution in [0.25, 0.3) is 0 Å². The van der Waals surface area contributed by atoms with Crippen LogP contribution in [-0.4, -0.2) is 30.7 Å². The Labute approximate surface area is 199 Å². The Morgan fingerprint density at radius 2 is 1.97 bits per heavy atom. The van der Waals surface area contributed by atoms with Gasteiger partial charge in [-0.2, -0.15) is 5.10 Å². The first kappa shape index (κ1) is 24.7. The standard InChI is InChI=1S/C22H20BrCl2N3O3/c1-4-9-31-19-8-6-16(23)10-15(19)12-26-28-22(30)20(13(2)3)27-21(29)14-5-7-17(24)18(25)11-14/h1,5-8,10-13,20H,9H2,2-3H3,(H,27,29)(H,28,30)/b26-12+. The van der Waals surface area contributed by atoms with E-state index in [2.05, 4.69) is 37.7 Å². The van der Waals surface area contributed by atoms with Crippen LogP contribution in [0.2, 0.25) is 10.0 Å². The van der Waals surface area contributed by atoms with Crippen molar-refractivity contribution >= 4 is 57.2 Å². The van der Waals surface area contributed by atoms with Crippen LogP contribution in [0, 0.1) is 18.3 Å². The van der Waals surface area contributed by atoms with Crippen LogP contribution in [0.3, 0.4) is 0 Å². The number of nitrogens with one attached hydrogen (secondary N) is 2. The van der Waals surface area contributed by atoms with E-state index in [1.165, 1.54) is 24.4 Å². The number of terminal acetylenes is 1. The van der Waals surface area contributed by atoms with E-state index in [1.807, 2.05) is 13.8 Å². The van der Waals surface area contributed by atoms with E-state index >= 15 is 0 Å². The molecule has 2 amide bonds. The molecule has 1 atom stereocenters. The highest BCUT2D eigenvalue weighted by Crippen LogP contribution is 2.23. The second-order valence-electron chi connectivity index (χ2n) is 6.73. The summed E-state index contributed by atoms with van der Waals surface area (Å²) < 4.78 is 6.27. The fourth-order valence-corrected chi connectivity index (χ4v) is 3.18. The van der Waals surface area contributed by atoms with Gasteiger partial charge in [0.05, 0.1) is 16.3 Å². The molecule has 2 rings (SSSR count). The van der Waals surface area contributed by atoms with Crippen molar-refractivity contribution in [1.29, 1.82) is 0 Å². The number of rotatable bonds is 8. The summed E-state index contributed by atoms with van der Waals surface area (Å²) in [5.41, 5.74) is 3.36. The molecule has 0 radical (unpaired) electrons. The topological polar surface area (TPSA) is 79.8 Å². The van der Waals surface area contributed by atoms with Gasteiger partial charge in [-0.15, -0.1) is 6.42 Å². The summed E-state index contributed by atoms with van der Waals surface area (Å²) in [6.07, 6.45) is 6.67. The molecule has 0 saturated heterocycles. The third-order valence-electron chi connectivity index (χ3n) is 4.08. The third-order valence-corrected chi connectivity index (χ3v) is 5.31. The highest BCUT2D eigenvalue weighted by Gasteiger charge is 2.24. The summed E-state index contributed by atoms with van der Waals surface area (Å²) in [6.45, 7) is 3.72. The van der Waals surface area contributed by atoms with Gasteiger partial charge in [-0.25, -0.2) is 5.43 Å². The van der Waals surface area contributed by atoms with Crippen LogP contribution in [0.4, 0.5) is 0 Å². The molecule has 31 heavy (non-hydrogen) atoms. The first-order valence-electron chi connectivity index (χ1n) is 9.17. The predicted octanol–water partition coefficient (Wildman–Crippen LogP) is 4.67. The summed E-state index contributed by atoms with van der Waals surface area (Å²) in [6, 6.07) is 8.98. The average molecular weight is 525 g/mol. The van der Waals surface area contributed by atoms with Gasteiger partial charge in [-0.1, -0.05) is 58.9 Å². The predicted molar refractivity (Wildman–Crippen MR) is 127 cm³/mol. The molecule has 1 unspecified atom stereocenters. The zero-order valence-corrected chi connectivity index (χ0v) is 19.9. The zero-order valence-electron chi connectivity index (χ0n) is 16.8. The number of ether oxygens (including phenoxy) is 1. The number of amides is 2. The zero-order chi connectivity index (χ0) is 23.0. The Hall–Kier alpha value is -2.53. The lowest BCUT2D eigenvalue weighted by Gasteiger charge is -2.20. The van der Waals surface area contributed by atoms with Crippen molar-refractivity contribution in [3.05, 3.63) is 62.0 Å². The molecule has 6 nitrogen and oxygen atoms in total. The first-order valence-corrected chi connectivity index (χ1v) is 10.7. The quantitative estimate of drug-likeness (QED) is 0.299. The molecule has 0 aromatic heterocycles. The fourth-order valence-electron chi connectivity index (χ4n) is 2.50. The largest absolute Gasteiger partial charge is 0.480 e. The minimum absolute atomic E-state index is 0.102. The van der Waals surface area contributed by atoms with Gasteiger partial charge in [0.25, 0.3) is 11.8 Å². The van der Waals surface area contributed by atoms with E-state index in [0.717, 1.165) is 4.47 Å². The highest BCUT2D eigenvalue weighted by atomic mass is 79.9. The minimum atomic E-state index is -0.821. The maximum atomic E-state index is 12.6. The van der Waals surface area contributed by atoms with Crippen molar-refractivity contribution in [3.63, 3.8) is 0 Å². The van der Waals surface area contributed by atoms with Gasteiger partial charge in [-0.3, -0.25) is 9.59 Å². The number of hydrogen-bond acceptors (Lipinski definition) is 4. The summed E-state index contributed by atoms with van der Waals surface area (Å²) in [5.74, 6) is 1.80. The van der Waals surface area contributed by atoms with Gasteiger partial charge in [0.2, 0.25) is 0 Å². The number of hydrazone groups is 1. The maximum absolute atomic E-state index is 12.6. The molecule has 9 heteroatoms. The van der Waals surface area contributed by atoms with Crippen molar-refractivity contribution in [2.24, 2.45) is 11.0 Å². The number of carbonyl (C=O) groups excluding carboxylic acids is 2. The van der Waals surface area contributed by atoms with E-state index in [0.29, 0.717) is 21.9 Å². The summed E-state index contributed by atoms with van der Waals surface area (Å²) in [5, 5.41) is 7.28. The van der Waals surface area contributed by atoms with Crippen LogP contribution < -0.4 is 15.5 Å². The van der Waals surface area contributed by atoms with E-state index in [9.17, 15) is 9.59 Å². The molecule has 0 heterocycles. The smallest absolute Gasteiger partial charge is 0.262 e. The van der Waals surface area contributed by atoms with Gasteiger partial charge < -0.3 is 10.1 Å². The molecule has 0 bridgehead atoms. The minimum Gasteiger partial charge on any atom is -0.480 e. The van der Waals surface area contributed by atoms with Gasteiger partial charge in [0.15, 0.2) is 0 Å². The lowest BCUT2D eigenvalue weighted by atomic mass is 10.0. The van der Waals surface area contributed by atoms with Crippen LogP contribution in [0.15, 0.2) is 46.0 Å². The number of nitrogens with zero attached hydrogens (tertiary/aromatic N) is 1. The Morgan fingerprint density at radius 1 is 1.23 bits per heavy atom. The highest BCUT2D eigenvalue weighted by molar-refractivity contribution is 9.10. The Bertz CT molecular complexity index is 1040. The maximum Gasteiger partial charge on any atom is 0.262 e. The van der Waals surface area contributed by atoms with E-state index < -0.39 is 17.9 Å². The molecular weight excluding hydrogens is 505 g/mol. The third kappa shape index (κ3) is 7.28.